The predicted molar refractivity (Wildman–Crippen MR) is 108 cm³/mol. The summed E-state index contributed by atoms with van der Waals surface area (Å²) < 4.78 is 2.12. The molecule has 4 rings (SSSR count). The average Bonchev–Trinajstić information content (AvgIpc) is 3.14. The van der Waals surface area contributed by atoms with Crippen LogP contribution in [0.5, 0.6) is 0 Å². The predicted octanol–water partition coefficient (Wildman–Crippen LogP) is 5.53. The van der Waals surface area contributed by atoms with Crippen molar-refractivity contribution < 1.29 is 0 Å². The number of hydrogen-bond acceptors (Lipinski definition) is 3. The number of nitrogens with zero attached hydrogens (tertiary/aromatic N) is 3. The Kier molecular flexibility index (Phi) is 4.76. The molecule has 1 unspecified atom stereocenters. The second kappa shape index (κ2) is 7.34. The highest BCUT2D eigenvalue weighted by atomic mass is 32.2. The van der Waals surface area contributed by atoms with E-state index in [1.165, 1.54) is 10.5 Å². The summed E-state index contributed by atoms with van der Waals surface area (Å²) in [6.45, 7) is 2.23. The smallest absolute Gasteiger partial charge is 0.118 e. The van der Waals surface area contributed by atoms with Gasteiger partial charge in [-0.2, -0.15) is 0 Å². The van der Waals surface area contributed by atoms with E-state index in [9.17, 15) is 0 Å². The molecule has 0 spiro atoms. The fourth-order valence-electron chi connectivity index (χ4n) is 3.29. The summed E-state index contributed by atoms with van der Waals surface area (Å²) in [7, 11) is 0. The molecule has 3 nitrogen and oxygen atoms in total. The van der Waals surface area contributed by atoms with Crippen LogP contribution in [0.25, 0.3) is 11.0 Å². The van der Waals surface area contributed by atoms with Crippen molar-refractivity contribution in [3.05, 3.63) is 90.5 Å². The van der Waals surface area contributed by atoms with Gasteiger partial charge in [0.15, 0.2) is 0 Å². The SMILES string of the molecule is CCC(Cc1ccccc1)(Sc1ccccc1)n1nnc2ccccc21. The minimum Gasteiger partial charge on any atom is -0.228 e. The molecule has 0 aliphatic heterocycles. The second-order valence-electron chi connectivity index (χ2n) is 6.37. The van der Waals surface area contributed by atoms with Crippen molar-refractivity contribution in [3.8, 4) is 0 Å². The third-order valence-corrected chi connectivity index (χ3v) is 6.16. The van der Waals surface area contributed by atoms with E-state index in [2.05, 4.69) is 94.7 Å². The van der Waals surface area contributed by atoms with Crippen LogP contribution < -0.4 is 0 Å². The first-order valence-electron chi connectivity index (χ1n) is 8.90. The Morgan fingerprint density at radius 3 is 2.23 bits per heavy atom. The average molecular weight is 359 g/mol. The van der Waals surface area contributed by atoms with Gasteiger partial charge in [0.1, 0.15) is 10.4 Å². The molecule has 4 heteroatoms. The van der Waals surface area contributed by atoms with Crippen molar-refractivity contribution in [3.63, 3.8) is 0 Å². The Hall–Kier alpha value is -2.59. The maximum Gasteiger partial charge on any atom is 0.118 e. The lowest BCUT2D eigenvalue weighted by Gasteiger charge is -2.33. The van der Waals surface area contributed by atoms with Crippen molar-refractivity contribution in [2.75, 3.05) is 0 Å². The number of aromatic nitrogens is 3. The van der Waals surface area contributed by atoms with Gasteiger partial charge in [0.05, 0.1) is 5.52 Å². The molecule has 0 fully saturated rings. The molecule has 0 N–H and O–H groups in total. The molecule has 1 atom stereocenters. The third-order valence-electron chi connectivity index (χ3n) is 4.66. The molecule has 1 aromatic heterocycles. The van der Waals surface area contributed by atoms with Crippen LogP contribution in [0.2, 0.25) is 0 Å². The van der Waals surface area contributed by atoms with Crippen LogP contribution in [-0.2, 0) is 11.3 Å². The highest BCUT2D eigenvalue weighted by Gasteiger charge is 2.34. The summed E-state index contributed by atoms with van der Waals surface area (Å²) in [4.78, 5) is 1.00. The highest BCUT2D eigenvalue weighted by molar-refractivity contribution is 8.00. The molecular formula is C22H21N3S. The highest BCUT2D eigenvalue weighted by Crippen LogP contribution is 2.43. The molecule has 1 heterocycles. The Morgan fingerprint density at radius 1 is 0.846 bits per heavy atom. The molecule has 0 aliphatic carbocycles. The molecule has 3 aromatic carbocycles. The molecule has 0 radical (unpaired) electrons. The lowest BCUT2D eigenvalue weighted by molar-refractivity contribution is 0.387. The fraction of sp³-hybridized carbons (Fsp3) is 0.182. The van der Waals surface area contributed by atoms with Crippen molar-refractivity contribution in [1.29, 1.82) is 0 Å². The quantitative estimate of drug-likeness (QED) is 0.424. The van der Waals surface area contributed by atoms with Gasteiger partial charge in [-0.1, -0.05) is 84.6 Å². The van der Waals surface area contributed by atoms with E-state index >= 15 is 0 Å². The standard InChI is InChI=1S/C22H21N3S/c1-2-22(17-18-11-5-3-6-12-18,26-19-13-7-4-8-14-19)25-21-16-10-9-15-20(21)23-24-25/h3-16H,2,17H2,1H3. The topological polar surface area (TPSA) is 30.7 Å². The molecule has 0 saturated heterocycles. The van der Waals surface area contributed by atoms with Crippen molar-refractivity contribution in [2.24, 2.45) is 0 Å². The van der Waals surface area contributed by atoms with E-state index in [1.807, 2.05) is 23.9 Å². The van der Waals surface area contributed by atoms with Crippen molar-refractivity contribution in [1.82, 2.24) is 15.0 Å². The van der Waals surface area contributed by atoms with Crippen molar-refractivity contribution in [2.45, 2.75) is 29.5 Å². The lowest BCUT2D eigenvalue weighted by atomic mass is 10.0. The number of fused-ring (bicyclic) bond motifs is 1. The van der Waals surface area contributed by atoms with E-state index in [0.717, 1.165) is 23.9 Å². The summed E-state index contributed by atoms with van der Waals surface area (Å²) in [5.74, 6) is 0. The summed E-state index contributed by atoms with van der Waals surface area (Å²) >= 11 is 1.86. The van der Waals surface area contributed by atoms with E-state index < -0.39 is 0 Å². The largest absolute Gasteiger partial charge is 0.228 e. The van der Waals surface area contributed by atoms with Gasteiger partial charge in [0.25, 0.3) is 0 Å². The number of rotatable bonds is 6. The molecule has 130 valence electrons. The van der Waals surface area contributed by atoms with Gasteiger partial charge in [0, 0.05) is 11.3 Å². The fourth-order valence-corrected chi connectivity index (χ4v) is 4.63. The Balaban J connectivity index is 1.84. The monoisotopic (exact) mass is 359 g/mol. The van der Waals surface area contributed by atoms with Gasteiger partial charge >= 0.3 is 0 Å². The van der Waals surface area contributed by atoms with Crippen LogP contribution in [0, 0.1) is 0 Å². The maximum atomic E-state index is 4.58. The number of para-hydroxylation sites is 1. The molecular weight excluding hydrogens is 338 g/mol. The minimum atomic E-state index is -0.237. The number of thioether (sulfide) groups is 1. The first-order valence-corrected chi connectivity index (χ1v) is 9.71. The number of benzene rings is 3. The third kappa shape index (κ3) is 3.25. The van der Waals surface area contributed by atoms with Gasteiger partial charge < -0.3 is 0 Å². The molecule has 0 saturated carbocycles. The molecule has 0 bridgehead atoms. The van der Waals surface area contributed by atoms with Crippen LogP contribution in [-0.4, -0.2) is 15.0 Å². The second-order valence-corrected chi connectivity index (χ2v) is 7.80. The zero-order chi connectivity index (χ0) is 17.8. The van der Waals surface area contributed by atoms with E-state index in [4.69, 9.17) is 0 Å². The normalized spacial score (nSPS) is 13.6. The zero-order valence-electron chi connectivity index (χ0n) is 14.7. The Labute approximate surface area is 158 Å². The molecule has 0 amide bonds. The summed E-state index contributed by atoms with van der Waals surface area (Å²) in [6.07, 6.45) is 1.83. The van der Waals surface area contributed by atoms with Crippen LogP contribution in [0.15, 0.2) is 89.8 Å². The summed E-state index contributed by atoms with van der Waals surface area (Å²) in [6, 6.07) is 29.4. The molecule has 0 aliphatic rings. The van der Waals surface area contributed by atoms with E-state index in [0.29, 0.717) is 0 Å². The van der Waals surface area contributed by atoms with E-state index in [-0.39, 0.29) is 4.87 Å². The van der Waals surface area contributed by atoms with E-state index in [1.54, 1.807) is 0 Å². The van der Waals surface area contributed by atoms with Gasteiger partial charge in [-0.15, -0.1) is 5.10 Å². The van der Waals surface area contributed by atoms with Crippen LogP contribution in [0.1, 0.15) is 18.9 Å². The van der Waals surface area contributed by atoms with Gasteiger partial charge in [-0.25, -0.2) is 4.68 Å². The minimum absolute atomic E-state index is 0.237. The van der Waals surface area contributed by atoms with Crippen LogP contribution in [0.3, 0.4) is 0 Å². The Morgan fingerprint density at radius 2 is 1.50 bits per heavy atom. The Bertz CT molecular complexity index is 938. The van der Waals surface area contributed by atoms with Crippen LogP contribution >= 0.6 is 11.8 Å². The first kappa shape index (κ1) is 16.9. The first-order chi connectivity index (χ1) is 12.8. The van der Waals surface area contributed by atoms with Gasteiger partial charge in [0.2, 0.25) is 0 Å². The van der Waals surface area contributed by atoms with Gasteiger partial charge in [-0.3, -0.25) is 0 Å². The number of hydrogen-bond donors (Lipinski definition) is 0. The van der Waals surface area contributed by atoms with Gasteiger partial charge in [-0.05, 0) is 36.2 Å². The van der Waals surface area contributed by atoms with Crippen molar-refractivity contribution >= 4 is 22.8 Å². The van der Waals surface area contributed by atoms with Crippen LogP contribution in [0.4, 0.5) is 0 Å². The summed E-state index contributed by atoms with van der Waals surface area (Å²) in [5, 5.41) is 8.99. The molecule has 4 aromatic rings. The zero-order valence-corrected chi connectivity index (χ0v) is 15.6. The lowest BCUT2D eigenvalue weighted by Crippen LogP contribution is -2.33. The molecule has 26 heavy (non-hydrogen) atoms. The summed E-state index contributed by atoms with van der Waals surface area (Å²) in [5.41, 5.74) is 3.32. The maximum absolute atomic E-state index is 4.58.